The van der Waals surface area contributed by atoms with Gasteiger partial charge in [-0.15, -0.1) is 0 Å². The van der Waals surface area contributed by atoms with Crippen LogP contribution < -0.4 is 5.73 Å². The summed E-state index contributed by atoms with van der Waals surface area (Å²) in [5, 5.41) is 9.32. The Kier molecular flexibility index (Phi) is 2.62. The molecule has 0 fully saturated rings. The van der Waals surface area contributed by atoms with Gasteiger partial charge in [-0.1, -0.05) is 0 Å². The van der Waals surface area contributed by atoms with Crippen molar-refractivity contribution in [2.75, 3.05) is 6.54 Å². The third-order valence-corrected chi connectivity index (χ3v) is 1.61. The lowest BCUT2D eigenvalue weighted by atomic mass is 10.3. The maximum Gasteiger partial charge on any atom is 0.138 e. The van der Waals surface area contributed by atoms with Gasteiger partial charge in [0.2, 0.25) is 0 Å². The quantitative estimate of drug-likeness (QED) is 0.640. The number of aliphatic hydroxyl groups is 1. The maximum atomic E-state index is 9.32. The standard InChI is InChI=1S/C7H13N3O/c1-2-10-4-3-9-7(10)6(11)5-8/h3-4,6,11H,2,5,8H2,1H3/t6-/m1/s1. The lowest BCUT2D eigenvalue weighted by Crippen LogP contribution is -2.16. The van der Waals surface area contributed by atoms with E-state index in [1.54, 1.807) is 6.20 Å². The molecule has 1 rings (SSSR count). The van der Waals surface area contributed by atoms with Crippen molar-refractivity contribution in [2.45, 2.75) is 19.6 Å². The molecule has 1 heterocycles. The van der Waals surface area contributed by atoms with E-state index in [0.717, 1.165) is 6.54 Å². The Morgan fingerprint density at radius 1 is 1.82 bits per heavy atom. The Labute approximate surface area is 65.7 Å². The first-order valence-electron chi connectivity index (χ1n) is 3.68. The van der Waals surface area contributed by atoms with Crippen LogP contribution in [0.15, 0.2) is 12.4 Å². The van der Waals surface area contributed by atoms with Gasteiger partial charge in [-0.25, -0.2) is 4.98 Å². The molecule has 0 saturated heterocycles. The Morgan fingerprint density at radius 2 is 2.55 bits per heavy atom. The number of rotatable bonds is 3. The van der Waals surface area contributed by atoms with Crippen LogP contribution in [0.5, 0.6) is 0 Å². The fraction of sp³-hybridized carbons (Fsp3) is 0.571. The molecule has 4 nitrogen and oxygen atoms in total. The van der Waals surface area contributed by atoms with Crippen LogP contribution in [0, 0.1) is 0 Å². The Balaban J connectivity index is 2.83. The van der Waals surface area contributed by atoms with E-state index in [-0.39, 0.29) is 6.54 Å². The Morgan fingerprint density at radius 3 is 3.09 bits per heavy atom. The van der Waals surface area contributed by atoms with Gasteiger partial charge in [0.25, 0.3) is 0 Å². The number of aryl methyl sites for hydroxylation is 1. The lowest BCUT2D eigenvalue weighted by molar-refractivity contribution is 0.172. The SMILES string of the molecule is CCn1ccnc1[C@H](O)CN. The van der Waals surface area contributed by atoms with Crippen LogP contribution >= 0.6 is 0 Å². The molecule has 3 N–H and O–H groups in total. The third-order valence-electron chi connectivity index (χ3n) is 1.61. The predicted octanol–water partition coefficient (Wildman–Crippen LogP) is -0.105. The van der Waals surface area contributed by atoms with Crippen molar-refractivity contribution >= 4 is 0 Å². The molecule has 4 heteroatoms. The summed E-state index contributed by atoms with van der Waals surface area (Å²) in [7, 11) is 0. The van der Waals surface area contributed by atoms with Gasteiger partial charge in [-0.2, -0.15) is 0 Å². The number of aliphatic hydroxyl groups excluding tert-OH is 1. The molecule has 0 unspecified atom stereocenters. The van der Waals surface area contributed by atoms with Gasteiger partial charge in [0.1, 0.15) is 11.9 Å². The molecule has 1 atom stereocenters. The summed E-state index contributed by atoms with van der Waals surface area (Å²) in [6.45, 7) is 3.03. The fourth-order valence-corrected chi connectivity index (χ4v) is 0.991. The van der Waals surface area contributed by atoms with Crippen LogP contribution in [-0.4, -0.2) is 21.2 Å². The van der Waals surface area contributed by atoms with Gasteiger partial charge in [-0.05, 0) is 6.92 Å². The Hall–Kier alpha value is -0.870. The smallest absolute Gasteiger partial charge is 0.138 e. The minimum absolute atomic E-state index is 0.219. The minimum Gasteiger partial charge on any atom is -0.384 e. The molecule has 0 spiro atoms. The van der Waals surface area contributed by atoms with E-state index < -0.39 is 6.10 Å². The summed E-state index contributed by atoms with van der Waals surface area (Å²) >= 11 is 0. The number of nitrogens with zero attached hydrogens (tertiary/aromatic N) is 2. The number of nitrogens with two attached hydrogens (primary N) is 1. The van der Waals surface area contributed by atoms with Gasteiger partial charge in [-0.3, -0.25) is 0 Å². The zero-order chi connectivity index (χ0) is 8.27. The Bertz CT molecular complexity index is 221. The molecule has 0 bridgehead atoms. The summed E-state index contributed by atoms with van der Waals surface area (Å²) in [5.41, 5.74) is 5.28. The highest BCUT2D eigenvalue weighted by molar-refractivity contribution is 4.96. The number of hydrogen-bond donors (Lipinski definition) is 2. The second-order valence-corrected chi connectivity index (χ2v) is 2.32. The number of imidazole rings is 1. The van der Waals surface area contributed by atoms with Crippen molar-refractivity contribution in [2.24, 2.45) is 5.73 Å². The highest BCUT2D eigenvalue weighted by Gasteiger charge is 2.09. The second kappa shape index (κ2) is 3.50. The average Bonchev–Trinajstić information content (AvgIpc) is 2.50. The van der Waals surface area contributed by atoms with Gasteiger partial charge >= 0.3 is 0 Å². The highest BCUT2D eigenvalue weighted by Crippen LogP contribution is 2.07. The molecule has 0 aliphatic heterocycles. The molecule has 0 aliphatic carbocycles. The molecular weight excluding hydrogens is 142 g/mol. The maximum absolute atomic E-state index is 9.32. The number of hydrogen-bond acceptors (Lipinski definition) is 3. The zero-order valence-corrected chi connectivity index (χ0v) is 6.57. The van der Waals surface area contributed by atoms with E-state index in [2.05, 4.69) is 4.98 Å². The van der Waals surface area contributed by atoms with Crippen LogP contribution in [-0.2, 0) is 6.54 Å². The zero-order valence-electron chi connectivity index (χ0n) is 6.57. The van der Waals surface area contributed by atoms with Crippen LogP contribution in [0.3, 0.4) is 0 Å². The minimum atomic E-state index is -0.634. The van der Waals surface area contributed by atoms with Crippen LogP contribution in [0.25, 0.3) is 0 Å². The van der Waals surface area contributed by atoms with Crippen LogP contribution in [0.4, 0.5) is 0 Å². The summed E-state index contributed by atoms with van der Waals surface area (Å²) in [6, 6.07) is 0. The molecule has 0 radical (unpaired) electrons. The third kappa shape index (κ3) is 1.58. The summed E-state index contributed by atoms with van der Waals surface area (Å²) < 4.78 is 1.87. The molecular formula is C7H13N3O. The van der Waals surface area contributed by atoms with Crippen LogP contribution in [0.2, 0.25) is 0 Å². The molecule has 0 saturated carbocycles. The first kappa shape index (κ1) is 8.23. The molecule has 11 heavy (non-hydrogen) atoms. The monoisotopic (exact) mass is 155 g/mol. The normalized spacial score (nSPS) is 13.4. The van der Waals surface area contributed by atoms with Crippen molar-refractivity contribution in [3.8, 4) is 0 Å². The van der Waals surface area contributed by atoms with Crippen molar-refractivity contribution in [3.63, 3.8) is 0 Å². The van der Waals surface area contributed by atoms with Crippen molar-refractivity contribution in [3.05, 3.63) is 18.2 Å². The summed E-state index contributed by atoms with van der Waals surface area (Å²) in [5.74, 6) is 0.648. The topological polar surface area (TPSA) is 64.1 Å². The molecule has 1 aromatic heterocycles. The van der Waals surface area contributed by atoms with Gasteiger partial charge in [0.05, 0.1) is 0 Å². The first-order valence-corrected chi connectivity index (χ1v) is 3.68. The van der Waals surface area contributed by atoms with E-state index in [9.17, 15) is 5.11 Å². The van der Waals surface area contributed by atoms with Gasteiger partial charge in [0.15, 0.2) is 0 Å². The number of aromatic nitrogens is 2. The summed E-state index contributed by atoms with van der Waals surface area (Å²) in [6.07, 6.45) is 2.86. The van der Waals surface area contributed by atoms with Gasteiger partial charge in [0, 0.05) is 25.5 Å². The fourth-order valence-electron chi connectivity index (χ4n) is 0.991. The average molecular weight is 155 g/mol. The molecule has 0 aromatic carbocycles. The lowest BCUT2D eigenvalue weighted by Gasteiger charge is -2.08. The molecule has 0 aliphatic rings. The second-order valence-electron chi connectivity index (χ2n) is 2.32. The molecule has 62 valence electrons. The first-order chi connectivity index (χ1) is 5.29. The van der Waals surface area contributed by atoms with Crippen molar-refractivity contribution in [1.82, 2.24) is 9.55 Å². The summed E-state index contributed by atoms with van der Waals surface area (Å²) in [4.78, 5) is 3.99. The van der Waals surface area contributed by atoms with E-state index >= 15 is 0 Å². The highest BCUT2D eigenvalue weighted by atomic mass is 16.3. The molecule has 1 aromatic rings. The van der Waals surface area contributed by atoms with E-state index in [1.165, 1.54) is 0 Å². The van der Waals surface area contributed by atoms with Gasteiger partial charge < -0.3 is 15.4 Å². The van der Waals surface area contributed by atoms with Crippen molar-refractivity contribution < 1.29 is 5.11 Å². The van der Waals surface area contributed by atoms with E-state index in [4.69, 9.17) is 5.73 Å². The largest absolute Gasteiger partial charge is 0.384 e. The van der Waals surface area contributed by atoms with E-state index in [1.807, 2.05) is 17.7 Å². The van der Waals surface area contributed by atoms with Crippen LogP contribution in [0.1, 0.15) is 18.9 Å². The molecule has 0 amide bonds. The van der Waals surface area contributed by atoms with Crippen molar-refractivity contribution in [1.29, 1.82) is 0 Å². The van der Waals surface area contributed by atoms with E-state index in [0.29, 0.717) is 5.82 Å². The predicted molar refractivity (Wildman–Crippen MR) is 41.9 cm³/mol.